The summed E-state index contributed by atoms with van der Waals surface area (Å²) in [5, 5.41) is 10.5. The summed E-state index contributed by atoms with van der Waals surface area (Å²) in [4.78, 5) is 13.1. The Morgan fingerprint density at radius 3 is 2.57 bits per heavy atom. The number of benzene rings is 1. The summed E-state index contributed by atoms with van der Waals surface area (Å²) in [5.74, 6) is -1.14. The van der Waals surface area contributed by atoms with E-state index < -0.39 is 26.5 Å². The number of anilines is 2. The van der Waals surface area contributed by atoms with Crippen LogP contribution in [0.4, 0.5) is 21.6 Å². The highest BCUT2D eigenvalue weighted by atomic mass is 32.2. The molecule has 2 aromatic rings. The number of nitrogens with one attached hydrogen (secondary N) is 1. The Morgan fingerprint density at radius 1 is 1.29 bits per heavy atom. The van der Waals surface area contributed by atoms with Gasteiger partial charge in [-0.05, 0) is 12.1 Å². The first-order valence-electron chi connectivity index (χ1n) is 5.48. The van der Waals surface area contributed by atoms with Gasteiger partial charge in [0.05, 0.1) is 15.5 Å². The number of sulfonamides is 1. The maximum atomic E-state index is 13.4. The van der Waals surface area contributed by atoms with Gasteiger partial charge >= 0.3 is 5.69 Å². The number of nitro groups is 1. The Hall–Kier alpha value is -2.75. The fraction of sp³-hybridized carbons (Fsp3) is 0. The molecule has 0 saturated heterocycles. The van der Waals surface area contributed by atoms with Crippen molar-refractivity contribution < 1.29 is 17.7 Å². The van der Waals surface area contributed by atoms with Crippen LogP contribution in [-0.4, -0.2) is 18.3 Å². The summed E-state index contributed by atoms with van der Waals surface area (Å²) in [6.45, 7) is 0. The smallest absolute Gasteiger partial charge is 0.304 e. The molecule has 0 saturated carbocycles. The van der Waals surface area contributed by atoms with Gasteiger partial charge in [0.15, 0.2) is 0 Å². The van der Waals surface area contributed by atoms with Crippen molar-refractivity contribution >= 4 is 27.2 Å². The Bertz CT molecular complexity index is 810. The second-order valence-electron chi connectivity index (χ2n) is 3.95. The van der Waals surface area contributed by atoms with Gasteiger partial charge in [-0.2, -0.15) is 4.39 Å². The number of aromatic nitrogens is 1. The first-order chi connectivity index (χ1) is 9.79. The van der Waals surface area contributed by atoms with Gasteiger partial charge in [0, 0.05) is 24.4 Å². The minimum absolute atomic E-state index is 0.00718. The Morgan fingerprint density at radius 2 is 2.00 bits per heavy atom. The van der Waals surface area contributed by atoms with Crippen LogP contribution < -0.4 is 10.5 Å². The Kier molecular flexibility index (Phi) is 3.72. The van der Waals surface area contributed by atoms with Crippen LogP contribution in [0.15, 0.2) is 41.4 Å². The van der Waals surface area contributed by atoms with Gasteiger partial charge < -0.3 is 5.73 Å². The largest absolute Gasteiger partial charge is 0.384 e. The number of rotatable bonds is 4. The van der Waals surface area contributed by atoms with Crippen molar-refractivity contribution in [1.82, 2.24) is 4.98 Å². The van der Waals surface area contributed by atoms with E-state index in [2.05, 4.69) is 9.71 Å². The molecule has 3 N–H and O–H groups in total. The van der Waals surface area contributed by atoms with Gasteiger partial charge in [-0.15, -0.1) is 0 Å². The van der Waals surface area contributed by atoms with Gasteiger partial charge in [-0.25, -0.2) is 13.4 Å². The van der Waals surface area contributed by atoms with Crippen LogP contribution in [0, 0.1) is 15.9 Å². The number of nitrogens with zero attached hydrogens (tertiary/aromatic N) is 2. The van der Waals surface area contributed by atoms with Gasteiger partial charge in [0.1, 0.15) is 5.82 Å². The Labute approximate surface area is 118 Å². The van der Waals surface area contributed by atoms with Crippen molar-refractivity contribution in [2.75, 3.05) is 10.5 Å². The number of nitrogen functional groups attached to an aromatic ring is 1. The highest BCUT2D eigenvalue weighted by molar-refractivity contribution is 7.92. The lowest BCUT2D eigenvalue weighted by atomic mass is 10.3. The zero-order valence-corrected chi connectivity index (χ0v) is 11.2. The molecule has 0 atom stereocenters. The molecular weight excluding hydrogens is 303 g/mol. The molecular formula is C11H9FN4O4S. The van der Waals surface area contributed by atoms with Gasteiger partial charge in [-0.3, -0.25) is 14.8 Å². The number of nitrogens with two attached hydrogens (primary N) is 1. The number of pyridine rings is 1. The summed E-state index contributed by atoms with van der Waals surface area (Å²) in [7, 11) is -3.99. The predicted molar refractivity (Wildman–Crippen MR) is 72.5 cm³/mol. The molecule has 0 aliphatic carbocycles. The van der Waals surface area contributed by atoms with Crippen molar-refractivity contribution in [1.29, 1.82) is 0 Å². The fourth-order valence-electron chi connectivity index (χ4n) is 1.53. The Balaban J connectivity index is 2.33. The van der Waals surface area contributed by atoms with Crippen molar-refractivity contribution in [3.63, 3.8) is 0 Å². The van der Waals surface area contributed by atoms with E-state index in [1.54, 1.807) is 0 Å². The first kappa shape index (κ1) is 14.7. The predicted octanol–water partition coefficient (Wildman–Crippen LogP) is 1.51. The molecule has 0 fully saturated rings. The zero-order valence-electron chi connectivity index (χ0n) is 10.4. The third kappa shape index (κ3) is 3.23. The number of hydrogen-bond donors (Lipinski definition) is 2. The van der Waals surface area contributed by atoms with Crippen LogP contribution >= 0.6 is 0 Å². The van der Waals surface area contributed by atoms with Crippen LogP contribution in [0.3, 0.4) is 0 Å². The fourth-order valence-corrected chi connectivity index (χ4v) is 2.60. The molecule has 21 heavy (non-hydrogen) atoms. The summed E-state index contributed by atoms with van der Waals surface area (Å²) in [6.07, 6.45) is 1.21. The van der Waals surface area contributed by atoms with E-state index >= 15 is 0 Å². The summed E-state index contributed by atoms with van der Waals surface area (Å²) >= 11 is 0. The first-order valence-corrected chi connectivity index (χ1v) is 6.96. The molecule has 0 amide bonds. The molecule has 10 heteroatoms. The molecule has 0 aliphatic rings. The van der Waals surface area contributed by atoms with Crippen molar-refractivity contribution in [3.05, 3.63) is 52.5 Å². The number of hydrogen-bond acceptors (Lipinski definition) is 6. The molecule has 1 aromatic carbocycles. The zero-order chi connectivity index (χ0) is 15.6. The molecule has 8 nitrogen and oxygen atoms in total. The highest BCUT2D eigenvalue weighted by Gasteiger charge is 2.18. The molecule has 1 aromatic heterocycles. The van der Waals surface area contributed by atoms with E-state index in [1.165, 1.54) is 12.3 Å². The van der Waals surface area contributed by atoms with Crippen LogP contribution in [0.5, 0.6) is 0 Å². The lowest BCUT2D eigenvalue weighted by molar-refractivity contribution is -0.387. The molecule has 0 radical (unpaired) electrons. The van der Waals surface area contributed by atoms with Crippen LogP contribution in [0.2, 0.25) is 0 Å². The van der Waals surface area contributed by atoms with E-state index in [0.717, 1.165) is 24.3 Å². The average Bonchev–Trinajstić information content (AvgIpc) is 2.37. The maximum absolute atomic E-state index is 13.4. The van der Waals surface area contributed by atoms with E-state index in [1.807, 2.05) is 0 Å². The van der Waals surface area contributed by atoms with Crippen molar-refractivity contribution in [3.8, 4) is 0 Å². The molecule has 0 unspecified atom stereocenters. The quantitative estimate of drug-likeness (QED) is 0.650. The minimum atomic E-state index is -3.99. The summed E-state index contributed by atoms with van der Waals surface area (Å²) < 4.78 is 39.6. The van der Waals surface area contributed by atoms with Crippen LogP contribution in [0.25, 0.3) is 0 Å². The lowest BCUT2D eigenvalue weighted by Gasteiger charge is -2.08. The molecule has 2 rings (SSSR count). The van der Waals surface area contributed by atoms with E-state index in [0.29, 0.717) is 0 Å². The third-order valence-corrected chi connectivity index (χ3v) is 3.84. The SMILES string of the molecule is Nc1cc(S(=O)(=O)Nc2ccc([N+](=O)[O-])c(F)c2)ccn1. The monoisotopic (exact) mass is 312 g/mol. The number of nitro benzene ring substituents is 1. The second-order valence-corrected chi connectivity index (χ2v) is 5.63. The average molecular weight is 312 g/mol. The minimum Gasteiger partial charge on any atom is -0.384 e. The number of halogens is 1. The molecule has 0 spiro atoms. The topological polar surface area (TPSA) is 128 Å². The molecule has 1 heterocycles. The van der Waals surface area contributed by atoms with Crippen molar-refractivity contribution in [2.45, 2.75) is 4.90 Å². The highest BCUT2D eigenvalue weighted by Crippen LogP contribution is 2.23. The van der Waals surface area contributed by atoms with Gasteiger partial charge in [0.2, 0.25) is 5.82 Å². The molecule has 0 bridgehead atoms. The van der Waals surface area contributed by atoms with Gasteiger partial charge in [0.25, 0.3) is 10.0 Å². The van der Waals surface area contributed by atoms with Crippen molar-refractivity contribution in [2.24, 2.45) is 0 Å². The standard InChI is InChI=1S/C11H9FN4O4S/c12-9-5-7(1-2-10(9)16(17)18)15-21(19,20)8-3-4-14-11(13)6-8/h1-6,15H,(H2,13,14). The third-order valence-electron chi connectivity index (χ3n) is 2.46. The van der Waals surface area contributed by atoms with E-state index in [4.69, 9.17) is 5.73 Å². The van der Waals surface area contributed by atoms with E-state index in [-0.39, 0.29) is 16.4 Å². The second kappa shape index (κ2) is 5.32. The maximum Gasteiger partial charge on any atom is 0.304 e. The van der Waals surface area contributed by atoms with Crippen LogP contribution in [0.1, 0.15) is 0 Å². The summed E-state index contributed by atoms with van der Waals surface area (Å²) in [5.41, 5.74) is 4.50. The van der Waals surface area contributed by atoms with Crippen LogP contribution in [-0.2, 0) is 10.0 Å². The van der Waals surface area contributed by atoms with Gasteiger partial charge in [-0.1, -0.05) is 0 Å². The normalized spacial score (nSPS) is 11.1. The molecule has 0 aliphatic heterocycles. The van der Waals surface area contributed by atoms with E-state index in [9.17, 15) is 22.9 Å². The summed E-state index contributed by atoms with van der Waals surface area (Å²) in [6, 6.07) is 5.02. The lowest BCUT2D eigenvalue weighted by Crippen LogP contribution is -2.13. The molecule has 110 valence electrons.